The first kappa shape index (κ1) is 16.2. The Morgan fingerprint density at radius 2 is 2.05 bits per heavy atom. The van der Waals surface area contributed by atoms with Gasteiger partial charge >= 0.3 is 5.97 Å². The zero-order valence-electron chi connectivity index (χ0n) is 12.8. The highest BCUT2D eigenvalue weighted by Gasteiger charge is 2.21. The number of carbonyl (C=O) groups is 1. The molecule has 0 aliphatic carbocycles. The normalized spacial score (nSPS) is 10.6. The summed E-state index contributed by atoms with van der Waals surface area (Å²) in [4.78, 5) is 11.1. The number of nitrogens with zero attached hydrogens (tertiary/aromatic N) is 2. The quantitative estimate of drug-likeness (QED) is 0.915. The van der Waals surface area contributed by atoms with Crippen LogP contribution in [0.4, 0.5) is 0 Å². The van der Waals surface area contributed by atoms with Crippen LogP contribution in [0.3, 0.4) is 0 Å². The van der Waals surface area contributed by atoms with Crippen LogP contribution in [0.1, 0.15) is 23.0 Å². The van der Waals surface area contributed by atoms with E-state index in [1.165, 1.54) is 25.0 Å². The van der Waals surface area contributed by atoms with Gasteiger partial charge in [-0.25, -0.2) is 4.79 Å². The molecule has 0 bridgehead atoms. The van der Waals surface area contributed by atoms with Crippen molar-refractivity contribution in [2.45, 2.75) is 13.3 Å². The number of benzene rings is 1. The van der Waals surface area contributed by atoms with Crippen LogP contribution in [0.25, 0.3) is 11.3 Å². The average Bonchev–Trinajstić information content (AvgIpc) is 2.88. The summed E-state index contributed by atoms with van der Waals surface area (Å²) in [6, 6.07) is 3.30. The largest absolute Gasteiger partial charge is 0.493 e. The zero-order chi connectivity index (χ0) is 16.4. The SMILES string of the molecule is CCc1c(-c2cc(C(=O)O)nn2C)cc(OC)c(OC)c1Cl. The Bertz CT molecular complexity index is 725. The van der Waals surface area contributed by atoms with Crippen LogP contribution in [-0.4, -0.2) is 35.1 Å². The molecule has 7 heteroatoms. The van der Waals surface area contributed by atoms with Gasteiger partial charge in [0.2, 0.25) is 0 Å². The third kappa shape index (κ3) is 2.62. The fourth-order valence-corrected chi connectivity index (χ4v) is 2.79. The number of carboxylic acids is 1. The molecule has 1 aromatic carbocycles. The van der Waals surface area contributed by atoms with Crippen LogP contribution in [0, 0.1) is 0 Å². The van der Waals surface area contributed by atoms with E-state index in [1.807, 2.05) is 6.92 Å². The predicted octanol–water partition coefficient (Wildman–Crippen LogP) is 3.02. The van der Waals surface area contributed by atoms with Crippen molar-refractivity contribution in [3.63, 3.8) is 0 Å². The van der Waals surface area contributed by atoms with E-state index in [0.717, 1.165) is 11.1 Å². The molecule has 2 rings (SSSR count). The monoisotopic (exact) mass is 324 g/mol. The number of aromatic nitrogens is 2. The van der Waals surface area contributed by atoms with E-state index in [9.17, 15) is 4.79 Å². The van der Waals surface area contributed by atoms with E-state index in [4.69, 9.17) is 26.2 Å². The second kappa shape index (κ2) is 6.27. The second-order valence-corrected chi connectivity index (χ2v) is 5.03. The maximum absolute atomic E-state index is 11.1. The summed E-state index contributed by atoms with van der Waals surface area (Å²) in [7, 11) is 4.73. The molecule has 6 nitrogen and oxygen atoms in total. The third-order valence-electron chi connectivity index (χ3n) is 3.44. The maximum atomic E-state index is 11.1. The number of halogens is 1. The Kier molecular flexibility index (Phi) is 4.61. The number of methoxy groups -OCH3 is 2. The van der Waals surface area contributed by atoms with Crippen LogP contribution < -0.4 is 9.47 Å². The van der Waals surface area contributed by atoms with Crippen molar-refractivity contribution < 1.29 is 19.4 Å². The van der Waals surface area contributed by atoms with Gasteiger partial charge in [0.25, 0.3) is 0 Å². The maximum Gasteiger partial charge on any atom is 0.356 e. The van der Waals surface area contributed by atoms with Gasteiger partial charge in [-0.1, -0.05) is 18.5 Å². The van der Waals surface area contributed by atoms with Crippen molar-refractivity contribution in [3.8, 4) is 22.8 Å². The van der Waals surface area contributed by atoms with E-state index in [0.29, 0.717) is 28.6 Å². The van der Waals surface area contributed by atoms with Gasteiger partial charge in [-0.2, -0.15) is 5.10 Å². The molecule has 0 amide bonds. The molecule has 0 saturated carbocycles. The van der Waals surface area contributed by atoms with E-state index in [2.05, 4.69) is 5.10 Å². The molecule has 0 radical (unpaired) electrons. The van der Waals surface area contributed by atoms with Crippen molar-refractivity contribution in [3.05, 3.63) is 28.4 Å². The Balaban J connectivity index is 2.74. The van der Waals surface area contributed by atoms with Crippen molar-refractivity contribution in [1.82, 2.24) is 9.78 Å². The molecule has 0 aliphatic rings. The van der Waals surface area contributed by atoms with Crippen LogP contribution in [-0.2, 0) is 13.5 Å². The minimum atomic E-state index is -1.08. The Labute approximate surface area is 133 Å². The molecule has 1 heterocycles. The highest BCUT2D eigenvalue weighted by molar-refractivity contribution is 6.33. The number of rotatable bonds is 5. The molecule has 1 aromatic heterocycles. The second-order valence-electron chi connectivity index (χ2n) is 4.65. The third-order valence-corrected chi connectivity index (χ3v) is 3.84. The van der Waals surface area contributed by atoms with Gasteiger partial charge < -0.3 is 14.6 Å². The lowest BCUT2D eigenvalue weighted by atomic mass is 10.0. The van der Waals surface area contributed by atoms with Crippen LogP contribution >= 0.6 is 11.6 Å². The number of hydrogen-bond donors (Lipinski definition) is 1. The topological polar surface area (TPSA) is 73.6 Å². The number of ether oxygens (including phenoxy) is 2. The summed E-state index contributed by atoms with van der Waals surface area (Å²) < 4.78 is 12.1. The standard InChI is InChI=1S/C15H17ClN2O4/c1-5-8-9(6-12(21-3)14(22-4)13(8)16)11-7-10(15(19)20)17-18(11)2/h6-7H,5H2,1-4H3,(H,19,20). The van der Waals surface area contributed by atoms with E-state index in [1.54, 1.807) is 13.1 Å². The van der Waals surface area contributed by atoms with Gasteiger partial charge in [0.05, 0.1) is 24.9 Å². The predicted molar refractivity (Wildman–Crippen MR) is 83.1 cm³/mol. The number of hydrogen-bond acceptors (Lipinski definition) is 4. The van der Waals surface area contributed by atoms with Gasteiger partial charge in [-0.05, 0) is 24.1 Å². The summed E-state index contributed by atoms with van der Waals surface area (Å²) >= 11 is 6.42. The molecule has 0 spiro atoms. The van der Waals surface area contributed by atoms with Crippen molar-refractivity contribution in [2.24, 2.45) is 7.05 Å². The van der Waals surface area contributed by atoms with E-state index in [-0.39, 0.29) is 5.69 Å². The Hall–Kier alpha value is -2.21. The first-order valence-electron chi connectivity index (χ1n) is 6.65. The van der Waals surface area contributed by atoms with Gasteiger partial charge in [-0.15, -0.1) is 0 Å². The molecule has 0 saturated heterocycles. The lowest BCUT2D eigenvalue weighted by molar-refractivity contribution is 0.0689. The van der Waals surface area contributed by atoms with Gasteiger partial charge in [0, 0.05) is 12.6 Å². The highest BCUT2D eigenvalue weighted by Crippen LogP contribution is 2.43. The molecule has 0 aliphatic heterocycles. The summed E-state index contributed by atoms with van der Waals surface area (Å²) in [5.74, 6) is -0.130. The molecule has 118 valence electrons. The number of aryl methyl sites for hydroxylation is 1. The van der Waals surface area contributed by atoms with Crippen LogP contribution in [0.2, 0.25) is 5.02 Å². The molecular weight excluding hydrogens is 308 g/mol. The zero-order valence-corrected chi connectivity index (χ0v) is 13.6. The Morgan fingerprint density at radius 3 is 2.50 bits per heavy atom. The smallest absolute Gasteiger partial charge is 0.356 e. The molecule has 0 fully saturated rings. The number of aromatic carboxylic acids is 1. The summed E-state index contributed by atoms with van der Waals surface area (Å²) in [5.41, 5.74) is 2.24. The molecule has 22 heavy (non-hydrogen) atoms. The molecule has 0 atom stereocenters. The molecule has 1 N–H and O–H groups in total. The van der Waals surface area contributed by atoms with Gasteiger partial charge in [0.15, 0.2) is 17.2 Å². The van der Waals surface area contributed by atoms with Gasteiger partial charge in [-0.3, -0.25) is 4.68 Å². The van der Waals surface area contributed by atoms with Crippen LogP contribution in [0.15, 0.2) is 12.1 Å². The summed E-state index contributed by atoms with van der Waals surface area (Å²) in [6.07, 6.45) is 0.655. The van der Waals surface area contributed by atoms with Crippen molar-refractivity contribution in [1.29, 1.82) is 0 Å². The summed E-state index contributed by atoms with van der Waals surface area (Å²) in [6.45, 7) is 1.96. The number of carboxylic acid groups (broad SMARTS) is 1. The minimum absolute atomic E-state index is 0.0227. The first-order valence-corrected chi connectivity index (χ1v) is 7.03. The summed E-state index contributed by atoms with van der Waals surface area (Å²) in [5, 5.41) is 13.5. The van der Waals surface area contributed by atoms with E-state index >= 15 is 0 Å². The van der Waals surface area contributed by atoms with E-state index < -0.39 is 5.97 Å². The highest BCUT2D eigenvalue weighted by atomic mass is 35.5. The lowest BCUT2D eigenvalue weighted by Gasteiger charge is -2.16. The molecule has 2 aromatic rings. The van der Waals surface area contributed by atoms with Crippen molar-refractivity contribution in [2.75, 3.05) is 14.2 Å². The lowest BCUT2D eigenvalue weighted by Crippen LogP contribution is -2.01. The minimum Gasteiger partial charge on any atom is -0.493 e. The average molecular weight is 325 g/mol. The Morgan fingerprint density at radius 1 is 1.36 bits per heavy atom. The fourth-order valence-electron chi connectivity index (χ4n) is 2.39. The first-order chi connectivity index (χ1) is 10.4. The fraction of sp³-hybridized carbons (Fsp3) is 0.333. The van der Waals surface area contributed by atoms with Crippen molar-refractivity contribution >= 4 is 17.6 Å². The molecule has 0 unspecified atom stereocenters. The molecular formula is C15H17ClN2O4. The van der Waals surface area contributed by atoms with Crippen LogP contribution in [0.5, 0.6) is 11.5 Å². The van der Waals surface area contributed by atoms with Gasteiger partial charge in [0.1, 0.15) is 0 Å².